The molecule has 108 valence electrons. The summed E-state index contributed by atoms with van der Waals surface area (Å²) in [5.74, 6) is 0.209. The number of hydrogen-bond donors (Lipinski definition) is 1. The molecule has 1 heterocycles. The summed E-state index contributed by atoms with van der Waals surface area (Å²) >= 11 is 0. The summed E-state index contributed by atoms with van der Waals surface area (Å²) in [5, 5.41) is 3.19. The maximum atomic E-state index is 13.8. The van der Waals surface area contributed by atoms with Gasteiger partial charge in [0.15, 0.2) is 0 Å². The van der Waals surface area contributed by atoms with Crippen molar-refractivity contribution in [2.24, 2.45) is 7.05 Å². The van der Waals surface area contributed by atoms with Gasteiger partial charge in [0.25, 0.3) is 0 Å². The summed E-state index contributed by atoms with van der Waals surface area (Å²) in [6, 6.07) is 2.26. The minimum Gasteiger partial charge on any atom is -0.338 e. The first kappa shape index (κ1) is 14.7. The fraction of sp³-hybridized carbons (Fsp3) is 0.400. The van der Waals surface area contributed by atoms with Crippen LogP contribution in [0.5, 0.6) is 0 Å². The Bertz CT molecular complexity index is 593. The van der Waals surface area contributed by atoms with Crippen molar-refractivity contribution in [2.75, 3.05) is 6.54 Å². The monoisotopic (exact) mass is 279 g/mol. The second-order valence-corrected chi connectivity index (χ2v) is 5.00. The summed E-state index contributed by atoms with van der Waals surface area (Å²) in [5.41, 5.74) is 0.680. The quantitative estimate of drug-likeness (QED) is 0.912. The molecule has 1 unspecified atom stereocenters. The summed E-state index contributed by atoms with van der Waals surface area (Å²) in [4.78, 5) is 4.22. The molecule has 1 atom stereocenters. The largest absolute Gasteiger partial charge is 0.338 e. The van der Waals surface area contributed by atoms with Gasteiger partial charge in [-0.05, 0) is 31.5 Å². The van der Waals surface area contributed by atoms with Gasteiger partial charge in [0.05, 0.1) is 0 Å². The summed E-state index contributed by atoms with van der Waals surface area (Å²) in [7, 11) is 1.93. The number of imidazole rings is 1. The van der Waals surface area contributed by atoms with Crippen molar-refractivity contribution < 1.29 is 8.78 Å². The van der Waals surface area contributed by atoms with Crippen LogP contribution in [0.1, 0.15) is 29.9 Å². The Morgan fingerprint density at radius 1 is 1.30 bits per heavy atom. The van der Waals surface area contributed by atoms with Crippen LogP contribution in [-0.4, -0.2) is 16.1 Å². The van der Waals surface area contributed by atoms with Crippen LogP contribution in [0.15, 0.2) is 24.5 Å². The van der Waals surface area contributed by atoms with Crippen LogP contribution in [0, 0.1) is 18.6 Å². The SMILES string of the molecule is Cc1cc(F)c(C(C)NCCc2nccn2C)cc1F. The van der Waals surface area contributed by atoms with Gasteiger partial charge in [-0.25, -0.2) is 13.8 Å². The molecular formula is C15H19F2N3. The van der Waals surface area contributed by atoms with Gasteiger partial charge < -0.3 is 9.88 Å². The zero-order valence-corrected chi connectivity index (χ0v) is 12.0. The van der Waals surface area contributed by atoms with E-state index in [0.29, 0.717) is 17.7 Å². The fourth-order valence-electron chi connectivity index (χ4n) is 2.14. The molecule has 1 N–H and O–H groups in total. The molecule has 1 aromatic carbocycles. The second kappa shape index (κ2) is 6.13. The molecular weight excluding hydrogens is 260 g/mol. The van der Waals surface area contributed by atoms with Gasteiger partial charge in [0.1, 0.15) is 17.5 Å². The highest BCUT2D eigenvalue weighted by Crippen LogP contribution is 2.20. The van der Waals surface area contributed by atoms with E-state index in [1.54, 1.807) is 13.1 Å². The van der Waals surface area contributed by atoms with Crippen LogP contribution in [0.3, 0.4) is 0 Å². The average Bonchev–Trinajstić information content (AvgIpc) is 2.79. The van der Waals surface area contributed by atoms with Gasteiger partial charge >= 0.3 is 0 Å². The van der Waals surface area contributed by atoms with E-state index in [1.807, 2.05) is 24.7 Å². The molecule has 0 aliphatic rings. The first-order valence-corrected chi connectivity index (χ1v) is 6.64. The zero-order chi connectivity index (χ0) is 14.7. The molecule has 0 aliphatic heterocycles. The van der Waals surface area contributed by atoms with Crippen LogP contribution in [0.4, 0.5) is 8.78 Å². The number of nitrogens with one attached hydrogen (secondary N) is 1. The van der Waals surface area contributed by atoms with Crippen LogP contribution in [0.25, 0.3) is 0 Å². The van der Waals surface area contributed by atoms with E-state index < -0.39 is 0 Å². The van der Waals surface area contributed by atoms with Gasteiger partial charge in [-0.2, -0.15) is 0 Å². The molecule has 2 aromatic rings. The molecule has 0 fully saturated rings. The smallest absolute Gasteiger partial charge is 0.128 e. The Balaban J connectivity index is 1.97. The molecule has 20 heavy (non-hydrogen) atoms. The van der Waals surface area contributed by atoms with Crippen molar-refractivity contribution in [2.45, 2.75) is 26.3 Å². The number of aryl methyl sites for hydroxylation is 2. The number of rotatable bonds is 5. The molecule has 5 heteroatoms. The molecule has 0 saturated heterocycles. The number of nitrogens with zero attached hydrogens (tertiary/aromatic N) is 2. The molecule has 0 bridgehead atoms. The topological polar surface area (TPSA) is 29.9 Å². The maximum Gasteiger partial charge on any atom is 0.128 e. The van der Waals surface area contributed by atoms with Crippen molar-refractivity contribution in [3.63, 3.8) is 0 Å². The van der Waals surface area contributed by atoms with E-state index in [2.05, 4.69) is 10.3 Å². The van der Waals surface area contributed by atoms with E-state index >= 15 is 0 Å². The Morgan fingerprint density at radius 3 is 2.70 bits per heavy atom. The van der Waals surface area contributed by atoms with Crippen LogP contribution in [0.2, 0.25) is 0 Å². The molecule has 0 spiro atoms. The lowest BCUT2D eigenvalue weighted by Crippen LogP contribution is -2.23. The Hall–Kier alpha value is -1.75. The maximum absolute atomic E-state index is 13.8. The molecule has 0 aliphatic carbocycles. The van der Waals surface area contributed by atoms with Gasteiger partial charge in [-0.15, -0.1) is 0 Å². The minimum absolute atomic E-state index is 0.245. The average molecular weight is 279 g/mol. The lowest BCUT2D eigenvalue weighted by Gasteiger charge is -2.15. The highest BCUT2D eigenvalue weighted by atomic mass is 19.1. The number of benzene rings is 1. The van der Waals surface area contributed by atoms with Crippen molar-refractivity contribution in [1.29, 1.82) is 0 Å². The highest BCUT2D eigenvalue weighted by Gasteiger charge is 2.13. The summed E-state index contributed by atoms with van der Waals surface area (Å²) in [6.07, 6.45) is 4.37. The first-order chi connectivity index (χ1) is 9.49. The van der Waals surface area contributed by atoms with Crippen molar-refractivity contribution in [3.8, 4) is 0 Å². The Labute approximate surface area is 117 Å². The normalized spacial score (nSPS) is 12.7. The molecule has 0 saturated carbocycles. The standard InChI is InChI=1S/C15H19F2N3/c1-10-8-14(17)12(9-13(10)16)11(2)18-5-4-15-19-6-7-20(15)3/h6-9,11,18H,4-5H2,1-3H3. The van der Waals surface area contributed by atoms with Crippen molar-refractivity contribution in [3.05, 3.63) is 53.1 Å². The third kappa shape index (κ3) is 3.22. The second-order valence-electron chi connectivity index (χ2n) is 5.00. The highest BCUT2D eigenvalue weighted by molar-refractivity contribution is 5.27. The Kier molecular flexibility index (Phi) is 4.49. The van der Waals surface area contributed by atoms with Gasteiger partial charge in [-0.3, -0.25) is 0 Å². The number of aromatic nitrogens is 2. The van der Waals surface area contributed by atoms with Crippen molar-refractivity contribution in [1.82, 2.24) is 14.9 Å². The summed E-state index contributed by atoms with van der Waals surface area (Å²) < 4.78 is 29.3. The van der Waals surface area contributed by atoms with E-state index in [-0.39, 0.29) is 17.7 Å². The minimum atomic E-state index is -0.376. The number of hydrogen-bond acceptors (Lipinski definition) is 2. The fourth-order valence-corrected chi connectivity index (χ4v) is 2.14. The third-order valence-electron chi connectivity index (χ3n) is 3.46. The van der Waals surface area contributed by atoms with E-state index in [4.69, 9.17) is 0 Å². The zero-order valence-electron chi connectivity index (χ0n) is 12.0. The van der Waals surface area contributed by atoms with Crippen LogP contribution >= 0.6 is 0 Å². The first-order valence-electron chi connectivity index (χ1n) is 6.64. The van der Waals surface area contributed by atoms with Crippen LogP contribution < -0.4 is 5.32 Å². The molecule has 0 amide bonds. The van der Waals surface area contributed by atoms with Crippen molar-refractivity contribution >= 4 is 0 Å². The van der Waals surface area contributed by atoms with Crippen LogP contribution in [-0.2, 0) is 13.5 Å². The molecule has 2 rings (SSSR count). The Morgan fingerprint density at radius 2 is 2.05 bits per heavy atom. The van der Waals surface area contributed by atoms with E-state index in [9.17, 15) is 8.78 Å². The van der Waals surface area contributed by atoms with E-state index in [0.717, 1.165) is 12.2 Å². The predicted octanol–water partition coefficient (Wildman–Crippen LogP) is 2.90. The van der Waals surface area contributed by atoms with Gasteiger partial charge in [-0.1, -0.05) is 0 Å². The predicted molar refractivity (Wildman–Crippen MR) is 74.4 cm³/mol. The lowest BCUT2D eigenvalue weighted by atomic mass is 10.0. The molecule has 3 nitrogen and oxygen atoms in total. The van der Waals surface area contributed by atoms with Gasteiger partial charge in [0, 0.05) is 44.0 Å². The number of halogens is 2. The van der Waals surface area contributed by atoms with Gasteiger partial charge in [0.2, 0.25) is 0 Å². The summed E-state index contributed by atoms with van der Waals surface area (Å²) in [6.45, 7) is 4.04. The lowest BCUT2D eigenvalue weighted by molar-refractivity contribution is 0.514. The third-order valence-corrected chi connectivity index (χ3v) is 3.46. The molecule has 0 radical (unpaired) electrons. The van der Waals surface area contributed by atoms with E-state index in [1.165, 1.54) is 12.1 Å². The molecule has 1 aromatic heterocycles.